The summed E-state index contributed by atoms with van der Waals surface area (Å²) in [5.74, 6) is -0.395. The van der Waals surface area contributed by atoms with E-state index in [1.54, 1.807) is 0 Å². The van der Waals surface area contributed by atoms with Crippen LogP contribution < -0.4 is 5.32 Å². The van der Waals surface area contributed by atoms with Crippen molar-refractivity contribution in [3.8, 4) is 0 Å². The van der Waals surface area contributed by atoms with Gasteiger partial charge in [0.15, 0.2) is 0 Å². The third kappa shape index (κ3) is 7.07. The van der Waals surface area contributed by atoms with Gasteiger partial charge in [-0.15, -0.1) is 0 Å². The zero-order valence-electron chi connectivity index (χ0n) is 12.8. The molecule has 20 heavy (non-hydrogen) atoms. The van der Waals surface area contributed by atoms with Crippen LogP contribution in [0.15, 0.2) is 12.2 Å². The number of unbranched alkanes of at least 4 members (excludes halogenated alkanes) is 2. The fourth-order valence-electron chi connectivity index (χ4n) is 1.74. The van der Waals surface area contributed by atoms with E-state index in [-0.39, 0.29) is 19.1 Å². The van der Waals surface area contributed by atoms with Gasteiger partial charge in [-0.2, -0.15) is 0 Å². The third-order valence-electron chi connectivity index (χ3n) is 2.76. The largest absolute Gasteiger partial charge is 0.356 e. The van der Waals surface area contributed by atoms with Crippen LogP contribution in [0.5, 0.6) is 0 Å². The van der Waals surface area contributed by atoms with Crippen LogP contribution in [0.25, 0.3) is 0 Å². The quantitative estimate of drug-likeness (QED) is 0.549. The number of amides is 3. The van der Waals surface area contributed by atoms with E-state index in [0.717, 1.165) is 32.2 Å². The van der Waals surface area contributed by atoms with Gasteiger partial charge < -0.3 is 5.32 Å². The van der Waals surface area contributed by atoms with Gasteiger partial charge in [-0.1, -0.05) is 27.2 Å². The first-order chi connectivity index (χ1) is 9.65. The van der Waals surface area contributed by atoms with Crippen molar-refractivity contribution in [3.63, 3.8) is 0 Å². The van der Waals surface area contributed by atoms with Crippen LogP contribution in [0.3, 0.4) is 0 Å². The molecule has 0 fully saturated rings. The van der Waals surface area contributed by atoms with Crippen LogP contribution in [0.1, 0.15) is 54.3 Å². The Bertz CT molecular complexity index is 339. The van der Waals surface area contributed by atoms with Crippen molar-refractivity contribution < 1.29 is 15.8 Å². The van der Waals surface area contributed by atoms with E-state index >= 15 is 0 Å². The average molecular weight is 284 g/mol. The summed E-state index contributed by atoms with van der Waals surface area (Å²) in [7, 11) is 0. The summed E-state index contributed by atoms with van der Waals surface area (Å²) in [6.07, 6.45) is 6.43. The van der Waals surface area contributed by atoms with E-state index in [2.05, 4.69) is 5.32 Å². The second-order valence-electron chi connectivity index (χ2n) is 4.32. The minimum atomic E-state index is -0.235. The van der Waals surface area contributed by atoms with Gasteiger partial charge in [0.25, 0.3) is 11.8 Å². The molecule has 0 radical (unpaired) electrons. The van der Waals surface area contributed by atoms with Gasteiger partial charge in [0.2, 0.25) is 5.91 Å². The first-order valence-corrected chi connectivity index (χ1v) is 7.45. The second kappa shape index (κ2) is 11.2. The zero-order chi connectivity index (χ0) is 15.4. The molecule has 0 spiro atoms. The molecule has 0 aromatic carbocycles. The van der Waals surface area contributed by atoms with E-state index in [9.17, 15) is 14.4 Å². The summed E-state index contributed by atoms with van der Waals surface area (Å²) in [5.41, 5.74) is 0. The van der Waals surface area contributed by atoms with E-state index in [0.29, 0.717) is 13.0 Å². The molecule has 0 atom stereocenters. The normalized spacial score (nSPS) is 13.2. The Labute approximate surface area is 122 Å². The molecule has 116 valence electrons. The lowest BCUT2D eigenvalue weighted by atomic mass is 10.2. The lowest BCUT2D eigenvalue weighted by Crippen LogP contribution is -2.30. The van der Waals surface area contributed by atoms with Gasteiger partial charge in [-0.3, -0.25) is 19.3 Å². The van der Waals surface area contributed by atoms with Gasteiger partial charge in [0.1, 0.15) is 0 Å². The Morgan fingerprint density at radius 2 is 1.75 bits per heavy atom. The molecule has 0 aromatic heterocycles. The summed E-state index contributed by atoms with van der Waals surface area (Å²) >= 11 is 0. The summed E-state index contributed by atoms with van der Waals surface area (Å²) in [5, 5.41) is 2.81. The van der Waals surface area contributed by atoms with Crippen LogP contribution in [-0.4, -0.2) is 35.7 Å². The van der Waals surface area contributed by atoms with Crippen molar-refractivity contribution in [3.05, 3.63) is 12.2 Å². The van der Waals surface area contributed by atoms with E-state index < -0.39 is 0 Å². The molecule has 5 nitrogen and oxygen atoms in total. The highest BCUT2D eigenvalue weighted by atomic mass is 16.2. The standard InChI is InChI=1S/C13H20N2O3.C2H6.H2/c1-2-9-14-11(16)6-4-3-5-10-15-12(17)7-8-13(15)18;1-2;/h7-8H,2-6,9-10H2,1H3,(H,14,16);1-2H3;1H. The van der Waals surface area contributed by atoms with Crippen molar-refractivity contribution in [2.24, 2.45) is 0 Å². The van der Waals surface area contributed by atoms with Crippen LogP contribution >= 0.6 is 0 Å². The number of carbonyl (C=O) groups is 3. The molecule has 0 aliphatic carbocycles. The highest BCUT2D eigenvalue weighted by Crippen LogP contribution is 2.07. The minimum Gasteiger partial charge on any atom is -0.356 e. The van der Waals surface area contributed by atoms with Gasteiger partial charge in [0, 0.05) is 33.1 Å². The molecular formula is C15H28N2O3. The predicted molar refractivity (Wildman–Crippen MR) is 81.1 cm³/mol. The lowest BCUT2D eigenvalue weighted by molar-refractivity contribution is -0.136. The van der Waals surface area contributed by atoms with Crippen molar-refractivity contribution in [1.82, 2.24) is 10.2 Å². The SMILES string of the molecule is CC.CCCNC(=O)CCCCCN1C(=O)C=CC1=O.[HH]. The van der Waals surface area contributed by atoms with Crippen molar-refractivity contribution in [1.29, 1.82) is 0 Å². The van der Waals surface area contributed by atoms with Crippen molar-refractivity contribution in [2.45, 2.75) is 52.9 Å². The van der Waals surface area contributed by atoms with E-state index in [1.165, 1.54) is 17.1 Å². The van der Waals surface area contributed by atoms with Crippen molar-refractivity contribution >= 4 is 17.7 Å². The van der Waals surface area contributed by atoms with Crippen LogP contribution in [0.4, 0.5) is 0 Å². The molecule has 1 aliphatic rings. The Kier molecular flexibility index (Phi) is 10.3. The molecule has 5 heteroatoms. The molecule has 1 heterocycles. The number of nitrogens with one attached hydrogen (secondary N) is 1. The predicted octanol–water partition coefficient (Wildman–Crippen LogP) is 2.27. The Hall–Kier alpha value is -1.65. The molecule has 0 aromatic rings. The smallest absolute Gasteiger partial charge is 0.253 e. The second-order valence-corrected chi connectivity index (χ2v) is 4.32. The lowest BCUT2D eigenvalue weighted by Gasteiger charge is -2.12. The maximum atomic E-state index is 11.3. The summed E-state index contributed by atoms with van der Waals surface area (Å²) in [6.45, 7) is 7.18. The Morgan fingerprint density at radius 1 is 1.15 bits per heavy atom. The minimum absolute atomic E-state index is 0. The molecule has 0 bridgehead atoms. The number of carbonyl (C=O) groups excluding carboxylic acids is 3. The van der Waals surface area contributed by atoms with Gasteiger partial charge >= 0.3 is 0 Å². The highest BCUT2D eigenvalue weighted by Gasteiger charge is 2.22. The maximum absolute atomic E-state index is 11.3. The van der Waals surface area contributed by atoms with Gasteiger partial charge in [-0.25, -0.2) is 0 Å². The number of hydrogen-bond donors (Lipinski definition) is 1. The molecule has 1 rings (SSSR count). The van der Waals surface area contributed by atoms with E-state index in [1.807, 2.05) is 20.8 Å². The zero-order valence-corrected chi connectivity index (χ0v) is 12.8. The summed E-state index contributed by atoms with van der Waals surface area (Å²) < 4.78 is 0. The molecule has 1 aliphatic heterocycles. The molecule has 0 unspecified atom stereocenters. The first-order valence-electron chi connectivity index (χ1n) is 7.45. The molecule has 1 N–H and O–H groups in total. The molecule has 0 saturated heterocycles. The third-order valence-corrected chi connectivity index (χ3v) is 2.76. The fraction of sp³-hybridized carbons (Fsp3) is 0.667. The first kappa shape index (κ1) is 18.4. The van der Waals surface area contributed by atoms with Crippen LogP contribution in [0, 0.1) is 0 Å². The fourth-order valence-corrected chi connectivity index (χ4v) is 1.74. The Balaban J connectivity index is 0. The topological polar surface area (TPSA) is 66.5 Å². The van der Waals surface area contributed by atoms with Gasteiger partial charge in [-0.05, 0) is 19.3 Å². The summed E-state index contributed by atoms with van der Waals surface area (Å²) in [6, 6.07) is 0. The molecular weight excluding hydrogens is 256 g/mol. The number of rotatable bonds is 8. The highest BCUT2D eigenvalue weighted by molar-refractivity contribution is 6.12. The monoisotopic (exact) mass is 284 g/mol. The van der Waals surface area contributed by atoms with E-state index in [4.69, 9.17) is 0 Å². The number of imide groups is 1. The average Bonchev–Trinajstić information content (AvgIpc) is 2.78. The van der Waals surface area contributed by atoms with Gasteiger partial charge in [0.05, 0.1) is 0 Å². The molecule has 3 amide bonds. The van der Waals surface area contributed by atoms with Crippen molar-refractivity contribution in [2.75, 3.05) is 13.1 Å². The summed E-state index contributed by atoms with van der Waals surface area (Å²) in [4.78, 5) is 35.0. The number of hydrogen-bond acceptors (Lipinski definition) is 3. The van der Waals surface area contributed by atoms with Crippen LogP contribution in [-0.2, 0) is 14.4 Å². The van der Waals surface area contributed by atoms with Crippen LogP contribution in [0.2, 0.25) is 0 Å². The number of nitrogens with zero attached hydrogens (tertiary/aromatic N) is 1. The molecule has 0 saturated carbocycles. The maximum Gasteiger partial charge on any atom is 0.253 e. The Morgan fingerprint density at radius 3 is 2.30 bits per heavy atom.